The summed E-state index contributed by atoms with van der Waals surface area (Å²) >= 11 is 5.91. The molecular formula is C19H13ClFN3O2. The van der Waals surface area contributed by atoms with Gasteiger partial charge >= 0.3 is 0 Å². The van der Waals surface area contributed by atoms with Gasteiger partial charge in [-0.3, -0.25) is 4.79 Å². The number of halogens is 2. The van der Waals surface area contributed by atoms with Crippen LogP contribution in [-0.4, -0.2) is 21.6 Å². The number of hydrogen-bond acceptors (Lipinski definition) is 3. The Hall–Kier alpha value is -3.12. The molecular weight excluding hydrogens is 357 g/mol. The van der Waals surface area contributed by atoms with Crippen LogP contribution in [0.25, 0.3) is 27.8 Å². The van der Waals surface area contributed by atoms with Gasteiger partial charge in [0.1, 0.15) is 11.6 Å². The molecule has 0 fully saturated rings. The second kappa shape index (κ2) is 6.31. The normalized spacial score (nSPS) is 11.0. The zero-order valence-electron chi connectivity index (χ0n) is 13.7. The standard InChI is InChI=1S/C19H13ClFN3O2/c1-26-13-5-2-11(3-6-13)14-9-24(12-4-7-16(21)15(20)8-12)18-17(14)19(25)23-10-22-18/h2-10H,1H3,(H,22,23,25). The fourth-order valence-electron chi connectivity index (χ4n) is 2.89. The van der Waals surface area contributed by atoms with E-state index in [0.717, 1.165) is 11.3 Å². The molecule has 0 unspecified atom stereocenters. The van der Waals surface area contributed by atoms with Gasteiger partial charge in [-0.1, -0.05) is 23.7 Å². The Morgan fingerprint density at radius 1 is 1.19 bits per heavy atom. The van der Waals surface area contributed by atoms with E-state index >= 15 is 0 Å². The number of rotatable bonds is 3. The third kappa shape index (κ3) is 2.64. The fourth-order valence-corrected chi connectivity index (χ4v) is 3.07. The van der Waals surface area contributed by atoms with Crippen molar-refractivity contribution in [1.29, 1.82) is 0 Å². The van der Waals surface area contributed by atoms with Crippen molar-refractivity contribution < 1.29 is 9.13 Å². The highest BCUT2D eigenvalue weighted by atomic mass is 35.5. The van der Waals surface area contributed by atoms with E-state index in [4.69, 9.17) is 16.3 Å². The van der Waals surface area contributed by atoms with Gasteiger partial charge in [-0.2, -0.15) is 0 Å². The number of nitrogens with zero attached hydrogens (tertiary/aromatic N) is 2. The maximum atomic E-state index is 13.5. The van der Waals surface area contributed by atoms with E-state index in [-0.39, 0.29) is 10.6 Å². The third-order valence-electron chi connectivity index (χ3n) is 4.17. The zero-order chi connectivity index (χ0) is 18.3. The van der Waals surface area contributed by atoms with Gasteiger partial charge in [-0.25, -0.2) is 9.37 Å². The lowest BCUT2D eigenvalue weighted by atomic mass is 10.1. The molecule has 0 radical (unpaired) electrons. The molecule has 1 N–H and O–H groups in total. The molecule has 2 heterocycles. The van der Waals surface area contributed by atoms with Gasteiger partial charge in [-0.05, 0) is 35.9 Å². The van der Waals surface area contributed by atoms with Gasteiger partial charge in [0, 0.05) is 17.4 Å². The smallest absolute Gasteiger partial charge is 0.260 e. The van der Waals surface area contributed by atoms with Crippen molar-refractivity contribution >= 4 is 22.6 Å². The van der Waals surface area contributed by atoms with E-state index in [0.29, 0.717) is 22.3 Å². The molecule has 2 aromatic carbocycles. The quantitative estimate of drug-likeness (QED) is 0.589. The number of benzene rings is 2. The molecule has 7 heteroatoms. The Morgan fingerprint density at radius 3 is 2.65 bits per heavy atom. The molecule has 0 atom stereocenters. The van der Waals surface area contributed by atoms with Gasteiger partial charge in [0.05, 0.1) is 23.8 Å². The largest absolute Gasteiger partial charge is 0.497 e. The monoisotopic (exact) mass is 369 g/mol. The zero-order valence-corrected chi connectivity index (χ0v) is 14.4. The predicted molar refractivity (Wildman–Crippen MR) is 98.6 cm³/mol. The number of aromatic nitrogens is 3. The SMILES string of the molecule is COc1ccc(-c2cn(-c3ccc(F)c(Cl)c3)c3nc[nH]c(=O)c23)cc1. The summed E-state index contributed by atoms with van der Waals surface area (Å²) in [5.41, 5.74) is 2.35. The number of aromatic amines is 1. The summed E-state index contributed by atoms with van der Waals surface area (Å²) in [7, 11) is 1.59. The Balaban J connectivity index is 1.99. The van der Waals surface area contributed by atoms with Crippen molar-refractivity contribution in [2.24, 2.45) is 0 Å². The van der Waals surface area contributed by atoms with Crippen LogP contribution in [0.3, 0.4) is 0 Å². The molecule has 0 amide bonds. The Labute approximate surface area is 152 Å². The van der Waals surface area contributed by atoms with Crippen molar-refractivity contribution in [2.75, 3.05) is 7.11 Å². The van der Waals surface area contributed by atoms with E-state index < -0.39 is 5.82 Å². The van der Waals surface area contributed by atoms with Crippen LogP contribution in [0.2, 0.25) is 5.02 Å². The summed E-state index contributed by atoms with van der Waals surface area (Å²) in [5, 5.41) is 0.443. The van der Waals surface area contributed by atoms with Gasteiger partial charge < -0.3 is 14.3 Å². The van der Waals surface area contributed by atoms with Crippen molar-refractivity contribution in [3.8, 4) is 22.6 Å². The molecule has 0 aliphatic carbocycles. The van der Waals surface area contributed by atoms with Crippen molar-refractivity contribution in [3.63, 3.8) is 0 Å². The summed E-state index contributed by atoms with van der Waals surface area (Å²) < 4.78 is 20.4. The summed E-state index contributed by atoms with van der Waals surface area (Å²) in [5.74, 6) is 0.211. The molecule has 0 bridgehead atoms. The number of nitrogens with one attached hydrogen (secondary N) is 1. The van der Waals surface area contributed by atoms with Gasteiger partial charge in [0.2, 0.25) is 0 Å². The van der Waals surface area contributed by atoms with Crippen LogP contribution in [0.1, 0.15) is 0 Å². The minimum Gasteiger partial charge on any atom is -0.497 e. The summed E-state index contributed by atoms with van der Waals surface area (Å²) in [6, 6.07) is 11.7. The third-order valence-corrected chi connectivity index (χ3v) is 4.46. The van der Waals surface area contributed by atoms with Crippen molar-refractivity contribution in [1.82, 2.24) is 14.5 Å². The fraction of sp³-hybridized carbons (Fsp3) is 0.0526. The Bertz CT molecular complexity index is 1170. The first-order chi connectivity index (χ1) is 12.6. The lowest BCUT2D eigenvalue weighted by Gasteiger charge is -2.05. The summed E-state index contributed by atoms with van der Waals surface area (Å²) in [6.45, 7) is 0. The van der Waals surface area contributed by atoms with Crippen LogP contribution in [0.4, 0.5) is 4.39 Å². The molecule has 4 aromatic rings. The predicted octanol–water partition coefficient (Wildman–Crippen LogP) is 4.18. The number of ether oxygens (including phenoxy) is 1. The molecule has 26 heavy (non-hydrogen) atoms. The van der Waals surface area contributed by atoms with E-state index in [1.54, 1.807) is 23.9 Å². The number of H-pyrrole nitrogens is 1. The van der Waals surface area contributed by atoms with Crippen LogP contribution in [-0.2, 0) is 0 Å². The molecule has 0 aliphatic rings. The number of fused-ring (bicyclic) bond motifs is 1. The highest BCUT2D eigenvalue weighted by molar-refractivity contribution is 6.30. The van der Waals surface area contributed by atoms with E-state index in [1.165, 1.54) is 18.5 Å². The van der Waals surface area contributed by atoms with Crippen LogP contribution in [0.5, 0.6) is 5.75 Å². The van der Waals surface area contributed by atoms with E-state index in [9.17, 15) is 9.18 Å². The topological polar surface area (TPSA) is 59.9 Å². The lowest BCUT2D eigenvalue weighted by Crippen LogP contribution is -2.07. The molecule has 4 rings (SSSR count). The first-order valence-electron chi connectivity index (χ1n) is 7.77. The van der Waals surface area contributed by atoms with Gasteiger partial charge in [0.25, 0.3) is 5.56 Å². The summed E-state index contributed by atoms with van der Waals surface area (Å²) in [6.07, 6.45) is 3.13. The molecule has 0 spiro atoms. The van der Waals surface area contributed by atoms with Gasteiger partial charge in [-0.15, -0.1) is 0 Å². The minimum atomic E-state index is -0.506. The second-order valence-electron chi connectivity index (χ2n) is 5.67. The van der Waals surface area contributed by atoms with Crippen LogP contribution in [0, 0.1) is 5.82 Å². The molecule has 0 saturated carbocycles. The van der Waals surface area contributed by atoms with Crippen LogP contribution < -0.4 is 10.3 Å². The highest BCUT2D eigenvalue weighted by Gasteiger charge is 2.16. The molecule has 2 aromatic heterocycles. The Kier molecular flexibility index (Phi) is 3.97. The van der Waals surface area contributed by atoms with E-state index in [1.807, 2.05) is 24.3 Å². The molecule has 5 nitrogen and oxygen atoms in total. The minimum absolute atomic E-state index is 0.000174. The van der Waals surface area contributed by atoms with Gasteiger partial charge in [0.15, 0.2) is 5.65 Å². The average molecular weight is 370 g/mol. The van der Waals surface area contributed by atoms with Crippen molar-refractivity contribution in [3.05, 3.63) is 76.2 Å². The molecule has 130 valence electrons. The summed E-state index contributed by atoms with van der Waals surface area (Å²) in [4.78, 5) is 19.3. The first kappa shape index (κ1) is 16.4. The number of methoxy groups -OCH3 is 1. The lowest BCUT2D eigenvalue weighted by molar-refractivity contribution is 0.415. The van der Waals surface area contributed by atoms with Crippen molar-refractivity contribution in [2.45, 2.75) is 0 Å². The number of hydrogen-bond donors (Lipinski definition) is 1. The van der Waals surface area contributed by atoms with Crippen LogP contribution in [0.15, 0.2) is 59.8 Å². The molecule has 0 saturated heterocycles. The second-order valence-corrected chi connectivity index (χ2v) is 6.08. The average Bonchev–Trinajstić information content (AvgIpc) is 3.05. The maximum absolute atomic E-state index is 13.5. The Morgan fingerprint density at radius 2 is 1.96 bits per heavy atom. The maximum Gasteiger partial charge on any atom is 0.260 e. The first-order valence-corrected chi connectivity index (χ1v) is 8.15. The van der Waals surface area contributed by atoms with E-state index in [2.05, 4.69) is 9.97 Å². The highest BCUT2D eigenvalue weighted by Crippen LogP contribution is 2.31. The van der Waals surface area contributed by atoms with Crippen LogP contribution >= 0.6 is 11.6 Å². The molecule has 0 aliphatic heterocycles.